The molecule has 0 unspecified atom stereocenters. The standard InChI is InChI=1S/C16H18O4S/c1-2-3-13-19-21(17,18)20-16-11-9-15(10-12-16)14-7-5-4-6-8-14/h4-12H,2-3,13H2,1H3. The highest BCUT2D eigenvalue weighted by Gasteiger charge is 2.13. The van der Waals surface area contributed by atoms with E-state index in [9.17, 15) is 8.42 Å². The first-order chi connectivity index (χ1) is 10.1. The quantitative estimate of drug-likeness (QED) is 0.730. The van der Waals surface area contributed by atoms with Gasteiger partial charge in [0.1, 0.15) is 5.75 Å². The second-order valence-electron chi connectivity index (χ2n) is 4.56. The predicted octanol–water partition coefficient (Wildman–Crippen LogP) is 3.79. The Kier molecular flexibility index (Phi) is 5.36. The molecule has 5 heteroatoms. The summed E-state index contributed by atoms with van der Waals surface area (Å²) in [4.78, 5) is 0. The van der Waals surface area contributed by atoms with Crippen molar-refractivity contribution < 1.29 is 16.8 Å². The van der Waals surface area contributed by atoms with Crippen molar-refractivity contribution in [3.63, 3.8) is 0 Å². The number of hydrogen-bond acceptors (Lipinski definition) is 4. The minimum atomic E-state index is -3.98. The zero-order valence-electron chi connectivity index (χ0n) is 11.9. The lowest BCUT2D eigenvalue weighted by atomic mass is 10.1. The minimum Gasteiger partial charge on any atom is -0.362 e. The van der Waals surface area contributed by atoms with Gasteiger partial charge in [-0.3, -0.25) is 0 Å². The molecule has 0 aromatic heterocycles. The van der Waals surface area contributed by atoms with Crippen LogP contribution in [0.5, 0.6) is 5.75 Å². The summed E-state index contributed by atoms with van der Waals surface area (Å²) >= 11 is 0. The van der Waals surface area contributed by atoms with E-state index in [0.717, 1.165) is 17.5 Å². The van der Waals surface area contributed by atoms with Gasteiger partial charge in [0.25, 0.3) is 0 Å². The van der Waals surface area contributed by atoms with Crippen LogP contribution >= 0.6 is 0 Å². The molecule has 0 fully saturated rings. The number of hydrogen-bond donors (Lipinski definition) is 0. The Balaban J connectivity index is 2.03. The molecule has 0 radical (unpaired) electrons. The summed E-state index contributed by atoms with van der Waals surface area (Å²) in [7, 11) is -3.98. The first-order valence-electron chi connectivity index (χ1n) is 6.85. The van der Waals surface area contributed by atoms with Gasteiger partial charge in [0, 0.05) is 0 Å². The summed E-state index contributed by atoms with van der Waals surface area (Å²) in [5, 5.41) is 0. The molecule has 0 atom stereocenters. The molecule has 0 bridgehead atoms. The molecule has 4 nitrogen and oxygen atoms in total. The lowest BCUT2D eigenvalue weighted by Gasteiger charge is -2.07. The molecule has 0 saturated heterocycles. The zero-order valence-corrected chi connectivity index (χ0v) is 12.7. The first-order valence-corrected chi connectivity index (χ1v) is 8.18. The van der Waals surface area contributed by atoms with Crippen molar-refractivity contribution in [3.8, 4) is 16.9 Å². The Morgan fingerprint density at radius 1 is 0.905 bits per heavy atom. The highest BCUT2D eigenvalue weighted by molar-refractivity contribution is 7.82. The van der Waals surface area contributed by atoms with Gasteiger partial charge in [0.05, 0.1) is 6.61 Å². The number of unbranched alkanes of at least 4 members (excludes halogenated alkanes) is 1. The largest absolute Gasteiger partial charge is 0.449 e. The Bertz CT molecular complexity index is 648. The maximum absolute atomic E-state index is 11.6. The summed E-state index contributed by atoms with van der Waals surface area (Å²) in [6, 6.07) is 16.7. The molecule has 21 heavy (non-hydrogen) atoms. The van der Waals surface area contributed by atoms with Crippen LogP contribution < -0.4 is 4.18 Å². The molecule has 0 aliphatic carbocycles. The van der Waals surface area contributed by atoms with Gasteiger partial charge in [0.2, 0.25) is 0 Å². The van der Waals surface area contributed by atoms with Crippen molar-refractivity contribution in [2.24, 2.45) is 0 Å². The second kappa shape index (κ2) is 7.24. The van der Waals surface area contributed by atoms with Crippen LogP contribution in [0, 0.1) is 0 Å². The minimum absolute atomic E-state index is 0.140. The van der Waals surface area contributed by atoms with Crippen molar-refractivity contribution in [1.29, 1.82) is 0 Å². The molecule has 0 N–H and O–H groups in total. The number of rotatable bonds is 7. The molecule has 0 heterocycles. The van der Waals surface area contributed by atoms with Crippen molar-refractivity contribution in [1.82, 2.24) is 0 Å². The molecular formula is C16H18O4S. The van der Waals surface area contributed by atoms with Gasteiger partial charge in [0.15, 0.2) is 0 Å². The summed E-state index contributed by atoms with van der Waals surface area (Å²) in [6.07, 6.45) is 1.54. The third-order valence-electron chi connectivity index (χ3n) is 2.89. The summed E-state index contributed by atoms with van der Waals surface area (Å²) in [6.45, 7) is 2.10. The molecule has 0 amide bonds. The Morgan fingerprint density at radius 2 is 1.52 bits per heavy atom. The van der Waals surface area contributed by atoms with E-state index in [-0.39, 0.29) is 12.4 Å². The van der Waals surface area contributed by atoms with Gasteiger partial charge in [-0.1, -0.05) is 55.8 Å². The maximum Gasteiger partial charge on any atom is 0.449 e. The fraction of sp³-hybridized carbons (Fsp3) is 0.250. The van der Waals surface area contributed by atoms with Crippen molar-refractivity contribution in [2.45, 2.75) is 19.8 Å². The van der Waals surface area contributed by atoms with Crippen molar-refractivity contribution >= 4 is 10.4 Å². The lowest BCUT2D eigenvalue weighted by molar-refractivity contribution is 0.268. The van der Waals surface area contributed by atoms with E-state index in [1.54, 1.807) is 12.1 Å². The molecule has 2 rings (SSSR count). The fourth-order valence-electron chi connectivity index (χ4n) is 1.78. The van der Waals surface area contributed by atoms with Crippen LogP contribution in [0.3, 0.4) is 0 Å². The second-order valence-corrected chi connectivity index (χ2v) is 5.78. The van der Waals surface area contributed by atoms with Crippen LogP contribution in [0.1, 0.15) is 19.8 Å². The van der Waals surface area contributed by atoms with Crippen LogP contribution in [0.25, 0.3) is 11.1 Å². The van der Waals surface area contributed by atoms with Gasteiger partial charge in [-0.2, -0.15) is 8.42 Å². The van der Waals surface area contributed by atoms with Crippen LogP contribution in [0.4, 0.5) is 0 Å². The van der Waals surface area contributed by atoms with E-state index in [0.29, 0.717) is 6.42 Å². The first kappa shape index (κ1) is 15.5. The average molecular weight is 306 g/mol. The van der Waals surface area contributed by atoms with E-state index in [2.05, 4.69) is 0 Å². The zero-order chi connectivity index (χ0) is 15.1. The fourth-order valence-corrected chi connectivity index (χ4v) is 2.50. The third kappa shape index (κ3) is 4.88. The van der Waals surface area contributed by atoms with Gasteiger partial charge in [-0.15, -0.1) is 0 Å². The van der Waals surface area contributed by atoms with Crippen molar-refractivity contribution in [3.05, 3.63) is 54.6 Å². The lowest BCUT2D eigenvalue weighted by Crippen LogP contribution is -2.13. The van der Waals surface area contributed by atoms with E-state index in [1.165, 1.54) is 0 Å². The average Bonchev–Trinajstić information content (AvgIpc) is 2.49. The molecular weight excluding hydrogens is 288 g/mol. The molecule has 0 aliphatic heterocycles. The summed E-state index contributed by atoms with van der Waals surface area (Å²) in [5.74, 6) is 0.242. The maximum atomic E-state index is 11.6. The highest BCUT2D eigenvalue weighted by Crippen LogP contribution is 2.23. The van der Waals surface area contributed by atoms with E-state index in [4.69, 9.17) is 8.37 Å². The smallest absolute Gasteiger partial charge is 0.362 e. The third-order valence-corrected chi connectivity index (χ3v) is 3.74. The molecule has 0 saturated carbocycles. The molecule has 2 aromatic rings. The van der Waals surface area contributed by atoms with Gasteiger partial charge in [-0.25, -0.2) is 4.18 Å². The van der Waals surface area contributed by atoms with Crippen LogP contribution in [0.2, 0.25) is 0 Å². The molecule has 2 aromatic carbocycles. The Hall–Kier alpha value is -1.85. The van der Waals surface area contributed by atoms with Gasteiger partial charge in [-0.05, 0) is 29.7 Å². The van der Waals surface area contributed by atoms with E-state index >= 15 is 0 Å². The normalized spacial score (nSPS) is 11.3. The van der Waals surface area contributed by atoms with Crippen LogP contribution in [-0.4, -0.2) is 15.0 Å². The van der Waals surface area contributed by atoms with E-state index < -0.39 is 10.4 Å². The van der Waals surface area contributed by atoms with Crippen molar-refractivity contribution in [2.75, 3.05) is 6.61 Å². The van der Waals surface area contributed by atoms with E-state index in [1.807, 2.05) is 49.4 Å². The topological polar surface area (TPSA) is 52.6 Å². The predicted molar refractivity (Wildman–Crippen MR) is 82.3 cm³/mol. The van der Waals surface area contributed by atoms with Crippen LogP contribution in [-0.2, 0) is 14.6 Å². The number of benzene rings is 2. The molecule has 0 spiro atoms. The summed E-state index contributed by atoms with van der Waals surface area (Å²) in [5.41, 5.74) is 2.05. The molecule has 112 valence electrons. The van der Waals surface area contributed by atoms with Gasteiger partial charge < -0.3 is 4.18 Å². The van der Waals surface area contributed by atoms with Gasteiger partial charge >= 0.3 is 10.4 Å². The Morgan fingerprint density at radius 3 is 2.14 bits per heavy atom. The Labute approximate surface area is 125 Å². The molecule has 0 aliphatic rings. The SMILES string of the molecule is CCCCOS(=O)(=O)Oc1ccc(-c2ccccc2)cc1. The highest BCUT2D eigenvalue weighted by atomic mass is 32.3. The summed E-state index contributed by atoms with van der Waals surface area (Å²) < 4.78 is 32.8. The monoisotopic (exact) mass is 306 g/mol. The van der Waals surface area contributed by atoms with Crippen LogP contribution in [0.15, 0.2) is 54.6 Å².